The maximum Gasteiger partial charge on any atom is 0.243 e. The minimum atomic E-state index is -3.50. The Morgan fingerprint density at radius 1 is 1.29 bits per heavy atom. The van der Waals surface area contributed by atoms with Gasteiger partial charge in [0.2, 0.25) is 10.0 Å². The van der Waals surface area contributed by atoms with Crippen molar-refractivity contribution in [3.63, 3.8) is 0 Å². The molecular weight excluding hydrogens is 283 g/mol. The van der Waals surface area contributed by atoms with Crippen LogP contribution >= 0.6 is 23.2 Å². The van der Waals surface area contributed by atoms with Gasteiger partial charge in [0.05, 0.1) is 14.9 Å². The summed E-state index contributed by atoms with van der Waals surface area (Å²) in [6.45, 7) is 0.798. The van der Waals surface area contributed by atoms with E-state index in [9.17, 15) is 8.42 Å². The monoisotopic (exact) mass is 294 g/mol. The first kappa shape index (κ1) is 13.1. The maximum atomic E-state index is 12.2. The SMILES string of the molecule is NC1CCN(S(=O)(=O)c2ccc(Cl)c(Cl)c2)C1. The van der Waals surface area contributed by atoms with Gasteiger partial charge < -0.3 is 5.73 Å². The van der Waals surface area contributed by atoms with Crippen LogP contribution in [0.25, 0.3) is 0 Å². The maximum absolute atomic E-state index is 12.2. The summed E-state index contributed by atoms with van der Waals surface area (Å²) in [5.41, 5.74) is 5.70. The minimum Gasteiger partial charge on any atom is -0.326 e. The first-order valence-corrected chi connectivity index (χ1v) is 7.31. The van der Waals surface area contributed by atoms with Crippen LogP contribution in [0.4, 0.5) is 0 Å². The van der Waals surface area contributed by atoms with Crippen LogP contribution in [0, 0.1) is 0 Å². The molecule has 17 heavy (non-hydrogen) atoms. The second kappa shape index (κ2) is 4.74. The van der Waals surface area contributed by atoms with Crippen LogP contribution < -0.4 is 5.73 Å². The van der Waals surface area contributed by atoms with Crippen molar-refractivity contribution >= 4 is 33.2 Å². The summed E-state index contributed by atoms with van der Waals surface area (Å²) in [7, 11) is -3.50. The number of nitrogens with two attached hydrogens (primary N) is 1. The molecule has 7 heteroatoms. The van der Waals surface area contributed by atoms with Gasteiger partial charge >= 0.3 is 0 Å². The highest BCUT2D eigenvalue weighted by atomic mass is 35.5. The molecule has 0 aromatic heterocycles. The molecule has 2 N–H and O–H groups in total. The van der Waals surface area contributed by atoms with E-state index in [1.54, 1.807) is 0 Å². The van der Waals surface area contributed by atoms with E-state index in [0.29, 0.717) is 24.5 Å². The number of hydrogen-bond acceptors (Lipinski definition) is 3. The molecule has 0 bridgehead atoms. The molecule has 1 atom stereocenters. The number of rotatable bonds is 2. The fraction of sp³-hybridized carbons (Fsp3) is 0.400. The van der Waals surface area contributed by atoms with E-state index in [4.69, 9.17) is 28.9 Å². The second-order valence-electron chi connectivity index (χ2n) is 3.99. The lowest BCUT2D eigenvalue weighted by atomic mass is 10.3. The average molecular weight is 295 g/mol. The van der Waals surface area contributed by atoms with Gasteiger partial charge in [-0.25, -0.2) is 8.42 Å². The quantitative estimate of drug-likeness (QED) is 0.903. The zero-order chi connectivity index (χ0) is 12.6. The molecule has 1 fully saturated rings. The van der Waals surface area contributed by atoms with Crippen LogP contribution in [-0.2, 0) is 10.0 Å². The number of benzene rings is 1. The van der Waals surface area contributed by atoms with Crippen LogP contribution in [0.5, 0.6) is 0 Å². The minimum absolute atomic E-state index is 0.0902. The van der Waals surface area contributed by atoms with Gasteiger partial charge in [0, 0.05) is 19.1 Å². The van der Waals surface area contributed by atoms with Crippen molar-refractivity contribution in [3.8, 4) is 0 Å². The third-order valence-corrected chi connectivity index (χ3v) is 5.32. The Balaban J connectivity index is 2.35. The molecule has 1 aliphatic heterocycles. The number of hydrogen-bond donors (Lipinski definition) is 1. The third-order valence-electron chi connectivity index (χ3n) is 2.72. The highest BCUT2D eigenvalue weighted by molar-refractivity contribution is 7.89. The van der Waals surface area contributed by atoms with Crippen molar-refractivity contribution in [2.75, 3.05) is 13.1 Å². The second-order valence-corrected chi connectivity index (χ2v) is 6.74. The van der Waals surface area contributed by atoms with Gasteiger partial charge in [-0.3, -0.25) is 0 Å². The largest absolute Gasteiger partial charge is 0.326 e. The van der Waals surface area contributed by atoms with Crippen molar-refractivity contribution < 1.29 is 8.42 Å². The molecule has 94 valence electrons. The predicted molar refractivity (Wildman–Crippen MR) is 67.8 cm³/mol. The molecule has 1 aliphatic rings. The molecule has 0 amide bonds. The van der Waals surface area contributed by atoms with Crippen molar-refractivity contribution in [2.24, 2.45) is 5.73 Å². The van der Waals surface area contributed by atoms with E-state index < -0.39 is 10.0 Å². The van der Waals surface area contributed by atoms with Crippen molar-refractivity contribution in [1.82, 2.24) is 4.31 Å². The van der Waals surface area contributed by atoms with Crippen molar-refractivity contribution in [1.29, 1.82) is 0 Å². The fourth-order valence-corrected chi connectivity index (χ4v) is 3.66. The molecule has 4 nitrogen and oxygen atoms in total. The summed E-state index contributed by atoms with van der Waals surface area (Å²) < 4.78 is 25.8. The Hall–Kier alpha value is -0.330. The molecule has 1 aromatic rings. The lowest BCUT2D eigenvalue weighted by Crippen LogP contribution is -2.31. The molecule has 0 spiro atoms. The van der Waals surface area contributed by atoms with Gasteiger partial charge in [-0.2, -0.15) is 4.31 Å². The lowest BCUT2D eigenvalue weighted by Gasteiger charge is -2.16. The molecule has 2 rings (SSSR count). The van der Waals surface area contributed by atoms with Crippen molar-refractivity contribution in [3.05, 3.63) is 28.2 Å². The summed E-state index contributed by atoms with van der Waals surface area (Å²) in [4.78, 5) is 0.154. The summed E-state index contributed by atoms with van der Waals surface area (Å²) in [5.74, 6) is 0. The van der Waals surface area contributed by atoms with Gasteiger partial charge in [0.25, 0.3) is 0 Å². The predicted octanol–water partition coefficient (Wildman–Crippen LogP) is 1.72. The molecule has 1 aromatic carbocycles. The topological polar surface area (TPSA) is 63.4 Å². The Kier molecular flexibility index (Phi) is 3.66. The van der Waals surface area contributed by atoms with E-state index in [1.165, 1.54) is 22.5 Å². The van der Waals surface area contributed by atoms with E-state index in [0.717, 1.165) is 0 Å². The van der Waals surface area contributed by atoms with Gasteiger partial charge in [0.15, 0.2) is 0 Å². The molecular formula is C10H12Cl2N2O2S. The van der Waals surface area contributed by atoms with Crippen LogP contribution in [-0.4, -0.2) is 31.9 Å². The molecule has 0 aliphatic carbocycles. The Labute approximate surface area is 110 Å². The summed E-state index contributed by atoms with van der Waals surface area (Å²) >= 11 is 11.6. The first-order chi connectivity index (χ1) is 7.91. The standard InChI is InChI=1S/C10H12Cl2N2O2S/c11-9-2-1-8(5-10(9)12)17(15,16)14-4-3-7(13)6-14/h1-2,5,7H,3-4,6,13H2. The van der Waals surface area contributed by atoms with E-state index in [2.05, 4.69) is 0 Å². The lowest BCUT2D eigenvalue weighted by molar-refractivity contribution is 0.472. The summed E-state index contributed by atoms with van der Waals surface area (Å²) in [5, 5.41) is 0.569. The molecule has 0 saturated carbocycles. The third kappa shape index (κ3) is 2.58. The Bertz CT molecular complexity index is 533. The average Bonchev–Trinajstić information content (AvgIpc) is 2.69. The molecule has 1 saturated heterocycles. The Morgan fingerprint density at radius 2 is 2.00 bits per heavy atom. The summed E-state index contributed by atoms with van der Waals surface area (Å²) in [6.07, 6.45) is 0.681. The highest BCUT2D eigenvalue weighted by Gasteiger charge is 2.31. The highest BCUT2D eigenvalue weighted by Crippen LogP contribution is 2.27. The van der Waals surface area contributed by atoms with Gasteiger partial charge in [-0.15, -0.1) is 0 Å². The van der Waals surface area contributed by atoms with E-state index in [1.807, 2.05) is 0 Å². The van der Waals surface area contributed by atoms with Crippen LogP contribution in [0.2, 0.25) is 10.0 Å². The first-order valence-electron chi connectivity index (χ1n) is 5.12. The van der Waals surface area contributed by atoms with Gasteiger partial charge in [-0.1, -0.05) is 23.2 Å². The van der Waals surface area contributed by atoms with Gasteiger partial charge in [0.1, 0.15) is 0 Å². The molecule has 1 heterocycles. The van der Waals surface area contributed by atoms with E-state index >= 15 is 0 Å². The number of sulfonamides is 1. The molecule has 0 radical (unpaired) electrons. The zero-order valence-corrected chi connectivity index (χ0v) is 11.3. The Morgan fingerprint density at radius 3 is 2.53 bits per heavy atom. The molecule has 1 unspecified atom stereocenters. The number of nitrogens with zero attached hydrogens (tertiary/aromatic N) is 1. The zero-order valence-electron chi connectivity index (χ0n) is 8.94. The van der Waals surface area contributed by atoms with Crippen LogP contribution in [0.1, 0.15) is 6.42 Å². The normalized spacial score (nSPS) is 21.9. The smallest absolute Gasteiger partial charge is 0.243 e. The van der Waals surface area contributed by atoms with E-state index in [-0.39, 0.29) is 16.0 Å². The van der Waals surface area contributed by atoms with Gasteiger partial charge in [-0.05, 0) is 24.6 Å². The van der Waals surface area contributed by atoms with Crippen LogP contribution in [0.15, 0.2) is 23.1 Å². The summed E-state index contributed by atoms with van der Waals surface area (Å²) in [6, 6.07) is 4.20. The van der Waals surface area contributed by atoms with Crippen molar-refractivity contribution in [2.45, 2.75) is 17.4 Å². The fourth-order valence-electron chi connectivity index (χ4n) is 1.76. The number of halogens is 2. The van der Waals surface area contributed by atoms with Crippen LogP contribution in [0.3, 0.4) is 0 Å².